The van der Waals surface area contributed by atoms with Crippen molar-refractivity contribution in [2.45, 2.75) is 13.5 Å². The highest BCUT2D eigenvalue weighted by Gasteiger charge is 2.22. The van der Waals surface area contributed by atoms with Crippen molar-refractivity contribution < 1.29 is 4.79 Å². The fraction of sp³-hybridized carbons (Fsp3) is 0.125. The lowest BCUT2D eigenvalue weighted by molar-refractivity contribution is 0.0981. The summed E-state index contributed by atoms with van der Waals surface area (Å²) in [5.74, 6) is 0.300. The molecule has 3 heterocycles. The average molecular weight is 474 g/mol. The van der Waals surface area contributed by atoms with Gasteiger partial charge >= 0.3 is 0 Å². The summed E-state index contributed by atoms with van der Waals surface area (Å²) in [6.07, 6.45) is 1.54. The number of amides is 1. The summed E-state index contributed by atoms with van der Waals surface area (Å²) in [6, 6.07) is 19.6. The first-order valence-corrected chi connectivity index (χ1v) is 12.1. The molecule has 7 nitrogen and oxygen atoms in total. The van der Waals surface area contributed by atoms with Gasteiger partial charge in [-0.1, -0.05) is 72.4 Å². The number of amidine groups is 1. The minimum absolute atomic E-state index is 0.155. The predicted octanol–water partition coefficient (Wildman–Crippen LogP) is 4.05. The average Bonchev–Trinajstić information content (AvgIpc) is 3.20. The summed E-state index contributed by atoms with van der Waals surface area (Å²) in [5, 5.41) is 12.2. The van der Waals surface area contributed by atoms with E-state index in [4.69, 9.17) is 0 Å². The minimum atomic E-state index is -0.311. The molecule has 0 bridgehead atoms. The Balaban J connectivity index is 1.39. The Morgan fingerprint density at radius 2 is 1.79 bits per heavy atom. The van der Waals surface area contributed by atoms with Crippen molar-refractivity contribution in [3.63, 3.8) is 0 Å². The maximum atomic E-state index is 13.1. The molecule has 164 valence electrons. The number of thiophene rings is 1. The van der Waals surface area contributed by atoms with E-state index in [0.29, 0.717) is 38.1 Å². The van der Waals surface area contributed by atoms with Crippen LogP contribution in [0.5, 0.6) is 0 Å². The van der Waals surface area contributed by atoms with E-state index in [1.807, 2.05) is 60.7 Å². The molecule has 9 heteroatoms. The smallest absolute Gasteiger partial charge is 0.267 e. The number of thioether (sulfide) groups is 1. The molecule has 5 rings (SSSR count). The molecule has 0 aliphatic carbocycles. The first kappa shape index (κ1) is 21.3. The molecule has 0 radical (unpaired) electrons. The van der Waals surface area contributed by atoms with Gasteiger partial charge in [0.2, 0.25) is 0 Å². The van der Waals surface area contributed by atoms with Crippen LogP contribution in [0.25, 0.3) is 10.2 Å². The van der Waals surface area contributed by atoms with Gasteiger partial charge in [0, 0.05) is 5.75 Å². The highest BCUT2D eigenvalue weighted by Crippen LogP contribution is 2.27. The first-order chi connectivity index (χ1) is 16.1. The van der Waals surface area contributed by atoms with Crippen molar-refractivity contribution >= 4 is 50.1 Å². The van der Waals surface area contributed by atoms with Crippen LogP contribution in [0.4, 0.5) is 0 Å². The van der Waals surface area contributed by atoms with E-state index in [1.54, 1.807) is 11.5 Å². The number of nitrogens with one attached hydrogen (secondary N) is 1. The molecule has 0 saturated carbocycles. The zero-order valence-corrected chi connectivity index (χ0v) is 19.3. The summed E-state index contributed by atoms with van der Waals surface area (Å²) in [7, 11) is 0. The second-order valence-corrected chi connectivity index (χ2v) is 9.42. The number of rotatable bonds is 4. The summed E-state index contributed by atoms with van der Waals surface area (Å²) in [5.41, 5.74) is 3.35. The zero-order chi connectivity index (χ0) is 22.8. The Hall–Kier alpha value is -3.56. The molecule has 0 unspecified atom stereocenters. The van der Waals surface area contributed by atoms with Crippen LogP contribution in [0.15, 0.2) is 82.0 Å². The molecule has 4 aromatic rings. The number of carbonyl (C=O) groups excluding carboxylic acids is 1. The molecular formula is C24H19N5O2S2. The van der Waals surface area contributed by atoms with E-state index in [2.05, 4.69) is 20.5 Å². The lowest BCUT2D eigenvalue weighted by Crippen LogP contribution is -2.30. The van der Waals surface area contributed by atoms with Gasteiger partial charge in [0.1, 0.15) is 4.83 Å². The van der Waals surface area contributed by atoms with E-state index in [1.165, 1.54) is 29.4 Å². The monoisotopic (exact) mass is 473 g/mol. The van der Waals surface area contributed by atoms with Crippen LogP contribution in [0.2, 0.25) is 0 Å². The van der Waals surface area contributed by atoms with Gasteiger partial charge in [0.15, 0.2) is 5.17 Å². The van der Waals surface area contributed by atoms with Crippen molar-refractivity contribution in [3.8, 4) is 0 Å². The van der Waals surface area contributed by atoms with Gasteiger partial charge in [0.05, 0.1) is 28.8 Å². The van der Waals surface area contributed by atoms with Crippen LogP contribution >= 0.6 is 23.1 Å². The third-order valence-corrected chi connectivity index (χ3v) is 7.33. The number of benzene rings is 2. The van der Waals surface area contributed by atoms with Crippen LogP contribution in [0.3, 0.4) is 0 Å². The Morgan fingerprint density at radius 1 is 1.06 bits per heavy atom. The number of aromatic nitrogens is 2. The highest BCUT2D eigenvalue weighted by atomic mass is 32.2. The second-order valence-electron chi connectivity index (χ2n) is 7.46. The topological polar surface area (TPSA) is 88.7 Å². The van der Waals surface area contributed by atoms with Crippen LogP contribution in [0.1, 0.15) is 26.4 Å². The van der Waals surface area contributed by atoms with E-state index in [9.17, 15) is 9.59 Å². The van der Waals surface area contributed by atoms with Crippen molar-refractivity contribution in [2.24, 2.45) is 10.2 Å². The third-order valence-electron chi connectivity index (χ3n) is 5.25. The van der Waals surface area contributed by atoms with Gasteiger partial charge < -0.3 is 0 Å². The standard InChI is InChI=1S/C24H19N5O2S2/c1-15-19-22(25-14-29(23(19)31)12-16-8-4-2-5-9-16)33-20(15)21(30)26-24-28-27-18(13-32-24)17-10-6-3-7-11-17/h2-11,14H,12-13H2,1H3,(H,26,28,30). The maximum absolute atomic E-state index is 13.1. The first-order valence-electron chi connectivity index (χ1n) is 10.3. The van der Waals surface area contributed by atoms with E-state index in [0.717, 1.165) is 16.8 Å². The van der Waals surface area contributed by atoms with Crippen molar-refractivity contribution in [2.75, 3.05) is 5.75 Å². The van der Waals surface area contributed by atoms with E-state index < -0.39 is 0 Å². The summed E-state index contributed by atoms with van der Waals surface area (Å²) in [6.45, 7) is 2.21. The molecule has 0 saturated heterocycles. The number of hydrogen-bond acceptors (Lipinski definition) is 7. The third kappa shape index (κ3) is 4.37. The quantitative estimate of drug-likeness (QED) is 0.484. The SMILES string of the molecule is Cc1c(C(=O)NC2=NN=C(c3ccccc3)CS2)sc2ncn(Cc3ccccc3)c(=O)c12. The second kappa shape index (κ2) is 9.13. The molecule has 1 aliphatic heterocycles. The van der Waals surface area contributed by atoms with Crippen LogP contribution in [-0.2, 0) is 6.54 Å². The highest BCUT2D eigenvalue weighted by molar-refractivity contribution is 8.14. The van der Waals surface area contributed by atoms with Crippen molar-refractivity contribution in [1.82, 2.24) is 14.9 Å². The predicted molar refractivity (Wildman–Crippen MR) is 134 cm³/mol. The number of fused-ring (bicyclic) bond motifs is 1. The van der Waals surface area contributed by atoms with Gasteiger partial charge in [-0.25, -0.2) is 4.98 Å². The van der Waals surface area contributed by atoms with Crippen molar-refractivity contribution in [1.29, 1.82) is 0 Å². The Morgan fingerprint density at radius 3 is 2.48 bits per heavy atom. The zero-order valence-electron chi connectivity index (χ0n) is 17.7. The van der Waals surface area contributed by atoms with Crippen LogP contribution < -0.4 is 10.9 Å². The molecule has 1 aliphatic rings. The van der Waals surface area contributed by atoms with Gasteiger partial charge in [-0.3, -0.25) is 19.5 Å². The molecule has 1 N–H and O–H groups in total. The molecule has 1 amide bonds. The van der Waals surface area contributed by atoms with Gasteiger partial charge in [-0.2, -0.15) is 5.10 Å². The lowest BCUT2D eigenvalue weighted by atomic mass is 10.1. The molecule has 2 aromatic carbocycles. The minimum Gasteiger partial charge on any atom is -0.299 e. The maximum Gasteiger partial charge on any atom is 0.267 e. The molecule has 0 spiro atoms. The lowest BCUT2D eigenvalue weighted by Gasteiger charge is -2.12. The molecule has 33 heavy (non-hydrogen) atoms. The largest absolute Gasteiger partial charge is 0.299 e. The van der Waals surface area contributed by atoms with Gasteiger partial charge in [0.25, 0.3) is 11.5 Å². The number of nitrogens with zero attached hydrogens (tertiary/aromatic N) is 4. The number of hydrogen-bond donors (Lipinski definition) is 1. The Kier molecular flexibility index (Phi) is 5.89. The van der Waals surface area contributed by atoms with E-state index >= 15 is 0 Å². The van der Waals surface area contributed by atoms with Crippen LogP contribution in [-0.4, -0.2) is 32.1 Å². The van der Waals surface area contributed by atoms with E-state index in [-0.39, 0.29) is 11.5 Å². The normalized spacial score (nSPS) is 13.5. The Bertz CT molecular complexity index is 1460. The summed E-state index contributed by atoms with van der Waals surface area (Å²) in [4.78, 5) is 31.5. The molecule has 0 fully saturated rings. The fourth-order valence-corrected chi connectivity index (χ4v) is 5.35. The summed E-state index contributed by atoms with van der Waals surface area (Å²) < 4.78 is 1.57. The molecule has 2 aromatic heterocycles. The molecular weight excluding hydrogens is 454 g/mol. The number of aryl methyl sites for hydroxylation is 1. The van der Waals surface area contributed by atoms with Crippen molar-refractivity contribution in [3.05, 3.63) is 98.9 Å². The summed E-state index contributed by atoms with van der Waals surface area (Å²) >= 11 is 2.63. The molecule has 0 atom stereocenters. The van der Waals surface area contributed by atoms with Crippen LogP contribution in [0, 0.1) is 6.92 Å². The van der Waals surface area contributed by atoms with Gasteiger partial charge in [-0.15, -0.1) is 16.4 Å². The number of carbonyl (C=O) groups is 1. The Labute approximate surface area is 197 Å². The fourth-order valence-electron chi connectivity index (χ4n) is 3.56. The van der Waals surface area contributed by atoms with Gasteiger partial charge in [-0.05, 0) is 23.6 Å².